The Morgan fingerprint density at radius 2 is 0.514 bits per heavy atom. The van der Waals surface area contributed by atoms with Crippen LogP contribution in [0.2, 0.25) is 0 Å². The van der Waals surface area contributed by atoms with Gasteiger partial charge in [0.25, 0.3) is 33.4 Å². The second kappa shape index (κ2) is 8.51. The molecule has 0 atom stereocenters. The van der Waals surface area contributed by atoms with Crippen molar-refractivity contribution in [1.82, 2.24) is 0 Å². The van der Waals surface area contributed by atoms with E-state index in [4.69, 9.17) is 0 Å². The van der Waals surface area contributed by atoms with Gasteiger partial charge in [-0.2, -0.15) is 83.4 Å². The third-order valence-electron chi connectivity index (χ3n) is 3.61. The lowest BCUT2D eigenvalue weighted by molar-refractivity contribution is -0.332. The van der Waals surface area contributed by atoms with Gasteiger partial charge in [-0.15, -0.1) is 0 Å². The zero-order valence-corrected chi connectivity index (χ0v) is 17.9. The Kier molecular flexibility index (Phi) is 8.17. The number of rotatable bonds is 8. The van der Waals surface area contributed by atoms with Gasteiger partial charge in [-0.1, -0.05) is 0 Å². The van der Waals surface area contributed by atoms with Crippen LogP contribution >= 0.6 is 0 Å². The van der Waals surface area contributed by atoms with Gasteiger partial charge in [-0.05, 0) is 0 Å². The first kappa shape index (κ1) is 35.5. The highest BCUT2D eigenvalue weighted by molar-refractivity contribution is 8.25. The molecule has 0 saturated carbocycles. The van der Waals surface area contributed by atoms with E-state index in [1.807, 2.05) is 0 Å². The third-order valence-corrected chi connectivity index (χ3v) is 12.6. The van der Waals surface area contributed by atoms with E-state index in [0.29, 0.717) is 0 Å². The summed E-state index contributed by atoms with van der Waals surface area (Å²) in [7, 11) is -29.3. The van der Waals surface area contributed by atoms with Gasteiger partial charge < -0.3 is 0 Å². The highest BCUT2D eigenvalue weighted by atomic mass is 32.3. The maximum absolute atomic E-state index is 13.6. The van der Waals surface area contributed by atoms with E-state index in [1.54, 1.807) is 0 Å². The van der Waals surface area contributed by atoms with E-state index in [2.05, 4.69) is 0 Å². The molecule has 0 amide bonds. The van der Waals surface area contributed by atoms with Gasteiger partial charge in [0.15, 0.2) is 0 Å². The molecule has 28 heteroatoms. The molecule has 0 aliphatic heterocycles. The van der Waals surface area contributed by atoms with Crippen molar-refractivity contribution in [2.75, 3.05) is 0 Å². The lowest BCUT2D eigenvalue weighted by atomic mass is 10.3. The Bertz CT molecular complexity index is 1130. The van der Waals surface area contributed by atoms with E-state index < -0.39 is 79.6 Å². The Hall–Kier alpha value is -1.48. The maximum atomic E-state index is 13.6. The van der Waals surface area contributed by atoms with Crippen molar-refractivity contribution in [2.24, 2.45) is 0 Å². The molecule has 0 aromatic rings. The minimum absolute atomic E-state index is 7.56. The van der Waals surface area contributed by atoms with Crippen molar-refractivity contribution in [1.29, 1.82) is 0 Å². The topological polar surface area (TPSA) is 102 Å². The molecule has 0 N–H and O–H groups in total. The Labute approximate surface area is 189 Å². The van der Waals surface area contributed by atoms with Crippen molar-refractivity contribution in [3.63, 3.8) is 0 Å². The molecule has 0 heterocycles. The van der Waals surface area contributed by atoms with Gasteiger partial charge in [0.2, 0.25) is 0 Å². The van der Waals surface area contributed by atoms with Crippen LogP contribution in [0.1, 0.15) is 0 Å². The molecule has 6 nitrogen and oxygen atoms in total. The number of alkyl halides is 19. The molecule has 0 unspecified atom stereocenters. The first-order chi connectivity index (χ1) is 15.4. The average Bonchev–Trinajstić information content (AvgIpc) is 2.56. The number of halogens is 19. The van der Waals surface area contributed by atoms with Crippen molar-refractivity contribution in [3.8, 4) is 0 Å². The Morgan fingerprint density at radius 3 is 0.676 bits per heavy atom. The van der Waals surface area contributed by atoms with Crippen LogP contribution in [0.3, 0.4) is 0 Å². The van der Waals surface area contributed by atoms with Crippen LogP contribution in [0.15, 0.2) is 0 Å². The summed E-state index contributed by atoms with van der Waals surface area (Å²) in [5.41, 5.74) is 0. The van der Waals surface area contributed by atoms with Gasteiger partial charge in [-0.25, -0.2) is 25.3 Å². The molecule has 0 aromatic carbocycles. The van der Waals surface area contributed by atoms with Crippen LogP contribution < -0.4 is 0 Å². The molecule has 0 spiro atoms. The zero-order valence-electron chi connectivity index (χ0n) is 15.4. The predicted octanol–water partition coefficient (Wildman–Crippen LogP) is 4.25. The maximum Gasteiger partial charge on any atom is 0.469 e. The molecule has 0 fully saturated rings. The summed E-state index contributed by atoms with van der Waals surface area (Å²) in [6, 6.07) is 0. The van der Waals surface area contributed by atoms with E-state index in [1.165, 1.54) is 0 Å². The van der Waals surface area contributed by atoms with E-state index >= 15 is 0 Å². The Balaban J connectivity index is 8.22. The molecule has 224 valence electrons. The molecular formula is C9HF19O6S3. The predicted molar refractivity (Wildman–Crippen MR) is 73.4 cm³/mol. The van der Waals surface area contributed by atoms with Crippen molar-refractivity contribution < 1.29 is 109 Å². The Morgan fingerprint density at radius 1 is 0.324 bits per heavy atom. The van der Waals surface area contributed by atoms with Crippen molar-refractivity contribution in [2.45, 2.75) is 50.1 Å². The highest BCUT2D eigenvalue weighted by Gasteiger charge is 2.88. The molecule has 0 rings (SSSR count). The first-order valence-electron chi connectivity index (χ1n) is 7.16. The lowest BCUT2D eigenvalue weighted by Crippen LogP contribution is -2.66. The van der Waals surface area contributed by atoms with Crippen LogP contribution in [0.25, 0.3) is 0 Å². The van der Waals surface area contributed by atoms with Crippen LogP contribution in [-0.4, -0.2) is 75.3 Å². The number of hydrogen-bond acceptors (Lipinski definition) is 6. The smallest absolute Gasteiger partial charge is 0.220 e. The fourth-order valence-electron chi connectivity index (χ4n) is 1.71. The van der Waals surface area contributed by atoms with Crippen molar-refractivity contribution >= 4 is 29.5 Å². The second-order valence-electron chi connectivity index (χ2n) is 6.12. The fraction of sp³-hybridized carbons (Fsp3) is 1.00. The molecule has 0 bridgehead atoms. The minimum atomic E-state index is -9.83. The van der Waals surface area contributed by atoms with E-state index in [0.717, 1.165) is 0 Å². The van der Waals surface area contributed by atoms with Crippen LogP contribution in [-0.2, 0) is 29.5 Å². The fourth-order valence-corrected chi connectivity index (χ4v) is 9.88. The summed E-state index contributed by atoms with van der Waals surface area (Å²) < 4.78 is 305. The molecule has 0 aliphatic carbocycles. The quantitative estimate of drug-likeness (QED) is 0.361. The highest BCUT2D eigenvalue weighted by Crippen LogP contribution is 2.57. The summed E-state index contributed by atoms with van der Waals surface area (Å²) in [6.07, 6.45) is -24.3. The molecule has 0 aliphatic rings. The van der Waals surface area contributed by atoms with Crippen LogP contribution in [0.4, 0.5) is 83.4 Å². The normalized spacial score (nSPS) is 16.9. The molecule has 0 aromatic heterocycles. The van der Waals surface area contributed by atoms with E-state index in [-0.39, 0.29) is 0 Å². The molecule has 37 heavy (non-hydrogen) atoms. The number of sulfone groups is 3. The van der Waals surface area contributed by atoms with Gasteiger partial charge in [-0.3, -0.25) is 0 Å². The number of hydrogen-bond donors (Lipinski definition) is 0. The lowest BCUT2D eigenvalue weighted by Gasteiger charge is -2.34. The molecule has 0 saturated heterocycles. The zero-order chi connectivity index (χ0) is 31.1. The summed E-state index contributed by atoms with van der Waals surface area (Å²) in [5, 5.41) is -25.8. The second-order valence-corrected chi connectivity index (χ2v) is 13.2. The average molecular weight is 662 g/mol. The van der Waals surface area contributed by atoms with Crippen LogP contribution in [0, 0.1) is 0 Å². The first-order valence-corrected chi connectivity index (χ1v) is 11.8. The largest absolute Gasteiger partial charge is 0.469 e. The molecule has 0 radical (unpaired) electrons. The van der Waals surface area contributed by atoms with Crippen molar-refractivity contribution in [3.05, 3.63) is 0 Å². The molecular weight excluding hydrogens is 661 g/mol. The third kappa shape index (κ3) is 4.66. The van der Waals surface area contributed by atoms with Gasteiger partial charge >= 0.3 is 46.1 Å². The monoisotopic (exact) mass is 662 g/mol. The summed E-state index contributed by atoms with van der Waals surface area (Å²) in [6.45, 7) is 0. The van der Waals surface area contributed by atoms with E-state index in [9.17, 15) is 109 Å². The standard InChI is InChI=1S/C9HF19O6S3/c10-2(11,4(14,15)16)7(23,24)35(29,30)1(37(33,34)9(27,28)6(20,21)22)36(31,32)8(25,26)3(12,13)5(17,18)19/h1H. The summed E-state index contributed by atoms with van der Waals surface area (Å²) >= 11 is 0. The summed E-state index contributed by atoms with van der Waals surface area (Å²) in [5.74, 6) is -17.0. The van der Waals surface area contributed by atoms with Crippen LogP contribution in [0.5, 0.6) is 0 Å². The summed E-state index contributed by atoms with van der Waals surface area (Å²) in [4.78, 5) is 0. The van der Waals surface area contributed by atoms with Gasteiger partial charge in [0, 0.05) is 0 Å². The van der Waals surface area contributed by atoms with Gasteiger partial charge in [0.1, 0.15) is 0 Å². The van der Waals surface area contributed by atoms with Gasteiger partial charge in [0.05, 0.1) is 0 Å². The minimum Gasteiger partial charge on any atom is -0.220 e. The SMILES string of the molecule is O=S(=O)(C(S(=O)(=O)C(F)(F)C(F)(F)C(F)(F)F)S(=O)(=O)C(F)(F)C(F)(F)C(F)(F)F)C(F)(F)C(F)(F)F.